The van der Waals surface area contributed by atoms with Crippen LogP contribution in [0.1, 0.15) is 20.8 Å². The summed E-state index contributed by atoms with van der Waals surface area (Å²) in [5.41, 5.74) is 0.447. The SMILES string of the molecule is C=C(C)C(=CC)C(C)(F)F. The third-order valence-corrected chi connectivity index (χ3v) is 1.22. The van der Waals surface area contributed by atoms with Gasteiger partial charge in [-0.05, 0) is 19.4 Å². The van der Waals surface area contributed by atoms with Gasteiger partial charge in [0.05, 0.1) is 0 Å². The Kier molecular flexibility index (Phi) is 2.76. The Labute approximate surface area is 60.2 Å². The quantitative estimate of drug-likeness (QED) is 0.525. The molecular formula is C8H12F2. The molecule has 0 amide bonds. The maximum absolute atomic E-state index is 12.5. The zero-order chi connectivity index (χ0) is 8.36. The zero-order valence-electron chi connectivity index (χ0n) is 6.54. The number of hydrogen-bond donors (Lipinski definition) is 0. The van der Waals surface area contributed by atoms with Crippen LogP contribution in [0.2, 0.25) is 0 Å². The zero-order valence-corrected chi connectivity index (χ0v) is 6.54. The smallest absolute Gasteiger partial charge is 0.202 e. The molecular weight excluding hydrogens is 134 g/mol. The van der Waals surface area contributed by atoms with E-state index in [2.05, 4.69) is 6.58 Å². The predicted octanol–water partition coefficient (Wildman–Crippen LogP) is 3.16. The summed E-state index contributed by atoms with van der Waals surface area (Å²) in [5, 5.41) is 0. The maximum Gasteiger partial charge on any atom is 0.270 e. The molecule has 0 radical (unpaired) electrons. The van der Waals surface area contributed by atoms with Crippen LogP contribution in [-0.2, 0) is 0 Å². The summed E-state index contributed by atoms with van der Waals surface area (Å²) < 4.78 is 25.0. The Morgan fingerprint density at radius 3 is 1.90 bits per heavy atom. The molecule has 10 heavy (non-hydrogen) atoms. The van der Waals surface area contributed by atoms with E-state index in [1.165, 1.54) is 6.08 Å². The van der Waals surface area contributed by atoms with Gasteiger partial charge in [0.1, 0.15) is 0 Å². The van der Waals surface area contributed by atoms with Crippen molar-refractivity contribution < 1.29 is 8.78 Å². The molecule has 0 aliphatic rings. The number of allylic oxidation sites excluding steroid dienone is 3. The molecule has 0 atom stereocenters. The van der Waals surface area contributed by atoms with Crippen LogP contribution in [0.25, 0.3) is 0 Å². The van der Waals surface area contributed by atoms with Crippen molar-refractivity contribution >= 4 is 0 Å². The maximum atomic E-state index is 12.5. The summed E-state index contributed by atoms with van der Waals surface area (Å²) in [7, 11) is 0. The van der Waals surface area contributed by atoms with Crippen LogP contribution in [0.15, 0.2) is 23.8 Å². The number of rotatable bonds is 2. The molecule has 0 heterocycles. The molecule has 0 aromatic rings. The third-order valence-electron chi connectivity index (χ3n) is 1.22. The van der Waals surface area contributed by atoms with Gasteiger partial charge in [-0.15, -0.1) is 0 Å². The van der Waals surface area contributed by atoms with Crippen LogP contribution in [-0.4, -0.2) is 5.92 Å². The molecule has 2 heteroatoms. The second-order valence-electron chi connectivity index (χ2n) is 2.37. The van der Waals surface area contributed by atoms with E-state index >= 15 is 0 Å². The van der Waals surface area contributed by atoms with Crippen LogP contribution in [0.3, 0.4) is 0 Å². The molecule has 0 fully saturated rings. The van der Waals surface area contributed by atoms with Crippen molar-refractivity contribution in [3.8, 4) is 0 Å². The van der Waals surface area contributed by atoms with E-state index in [0.29, 0.717) is 5.57 Å². The topological polar surface area (TPSA) is 0 Å². The molecule has 0 aliphatic heterocycles. The average molecular weight is 146 g/mol. The van der Waals surface area contributed by atoms with Crippen molar-refractivity contribution in [2.45, 2.75) is 26.7 Å². The van der Waals surface area contributed by atoms with Crippen molar-refractivity contribution in [3.05, 3.63) is 23.8 Å². The Morgan fingerprint density at radius 1 is 1.50 bits per heavy atom. The average Bonchev–Trinajstić information content (AvgIpc) is 1.60. The molecule has 0 nitrogen and oxygen atoms in total. The minimum atomic E-state index is -2.75. The van der Waals surface area contributed by atoms with E-state index in [-0.39, 0.29) is 5.57 Å². The molecule has 0 aliphatic carbocycles. The first kappa shape index (κ1) is 9.34. The summed E-state index contributed by atoms with van der Waals surface area (Å²) in [6.45, 7) is 7.48. The summed E-state index contributed by atoms with van der Waals surface area (Å²) in [5.74, 6) is -2.75. The monoisotopic (exact) mass is 146 g/mol. The first-order valence-electron chi connectivity index (χ1n) is 3.10. The number of alkyl halides is 2. The van der Waals surface area contributed by atoms with Gasteiger partial charge in [-0.3, -0.25) is 0 Å². The van der Waals surface area contributed by atoms with Crippen LogP contribution < -0.4 is 0 Å². The highest BCUT2D eigenvalue weighted by atomic mass is 19.3. The number of hydrogen-bond acceptors (Lipinski definition) is 0. The van der Waals surface area contributed by atoms with Crippen molar-refractivity contribution in [2.75, 3.05) is 0 Å². The predicted molar refractivity (Wildman–Crippen MR) is 39.2 cm³/mol. The molecule has 0 saturated heterocycles. The van der Waals surface area contributed by atoms with E-state index in [1.54, 1.807) is 13.8 Å². The normalized spacial score (nSPS) is 13.5. The van der Waals surface area contributed by atoms with E-state index in [1.807, 2.05) is 0 Å². The number of halogens is 2. The van der Waals surface area contributed by atoms with Crippen LogP contribution in [0, 0.1) is 0 Å². The van der Waals surface area contributed by atoms with Crippen molar-refractivity contribution in [2.24, 2.45) is 0 Å². The highest BCUT2D eigenvalue weighted by molar-refractivity contribution is 5.31. The van der Waals surface area contributed by atoms with Crippen LogP contribution >= 0.6 is 0 Å². The molecule has 0 rings (SSSR count). The molecule has 0 saturated carbocycles. The fraction of sp³-hybridized carbons (Fsp3) is 0.500. The molecule has 0 aromatic heterocycles. The largest absolute Gasteiger partial charge is 0.270 e. The van der Waals surface area contributed by atoms with Gasteiger partial charge in [0.15, 0.2) is 0 Å². The van der Waals surface area contributed by atoms with Gasteiger partial charge in [-0.1, -0.05) is 12.7 Å². The molecule has 0 bridgehead atoms. The Hall–Kier alpha value is -0.660. The lowest BCUT2D eigenvalue weighted by molar-refractivity contribution is 0.0659. The van der Waals surface area contributed by atoms with Gasteiger partial charge in [-0.2, -0.15) is 0 Å². The van der Waals surface area contributed by atoms with E-state index < -0.39 is 5.92 Å². The van der Waals surface area contributed by atoms with E-state index in [9.17, 15) is 8.78 Å². The van der Waals surface area contributed by atoms with Crippen LogP contribution in [0.5, 0.6) is 0 Å². The standard InChI is InChI=1S/C8H12F2/c1-5-7(6(2)3)8(4,9)10/h5H,2H2,1,3-4H3. The first-order chi connectivity index (χ1) is 4.39. The van der Waals surface area contributed by atoms with Gasteiger partial charge in [0.25, 0.3) is 5.92 Å². The minimum Gasteiger partial charge on any atom is -0.202 e. The molecule has 0 spiro atoms. The summed E-state index contributed by atoms with van der Waals surface area (Å²) in [6.07, 6.45) is 1.39. The van der Waals surface area contributed by atoms with Gasteiger partial charge in [0, 0.05) is 12.5 Å². The van der Waals surface area contributed by atoms with E-state index in [0.717, 1.165) is 6.92 Å². The van der Waals surface area contributed by atoms with Crippen molar-refractivity contribution in [3.63, 3.8) is 0 Å². The summed E-state index contributed by atoms with van der Waals surface area (Å²) in [6, 6.07) is 0. The lowest BCUT2D eigenvalue weighted by atomic mass is 10.0. The molecule has 0 N–H and O–H groups in total. The van der Waals surface area contributed by atoms with Gasteiger partial charge in [0.2, 0.25) is 0 Å². The Balaban J connectivity index is 4.56. The fourth-order valence-electron chi connectivity index (χ4n) is 0.875. The second kappa shape index (κ2) is 2.95. The fourth-order valence-corrected chi connectivity index (χ4v) is 0.875. The Bertz CT molecular complexity index is 161. The molecule has 58 valence electrons. The van der Waals surface area contributed by atoms with Gasteiger partial charge in [-0.25, -0.2) is 8.78 Å². The highest BCUT2D eigenvalue weighted by Gasteiger charge is 2.26. The highest BCUT2D eigenvalue weighted by Crippen LogP contribution is 2.27. The first-order valence-corrected chi connectivity index (χ1v) is 3.10. The minimum absolute atomic E-state index is 0.0208. The van der Waals surface area contributed by atoms with Crippen molar-refractivity contribution in [1.82, 2.24) is 0 Å². The lowest BCUT2D eigenvalue weighted by Crippen LogP contribution is -2.13. The van der Waals surface area contributed by atoms with Crippen molar-refractivity contribution in [1.29, 1.82) is 0 Å². The van der Waals surface area contributed by atoms with Gasteiger partial charge < -0.3 is 0 Å². The molecule has 0 aromatic carbocycles. The van der Waals surface area contributed by atoms with Gasteiger partial charge >= 0.3 is 0 Å². The molecule has 0 unspecified atom stereocenters. The summed E-state index contributed by atoms with van der Waals surface area (Å²) in [4.78, 5) is 0. The van der Waals surface area contributed by atoms with Crippen LogP contribution in [0.4, 0.5) is 8.78 Å². The summed E-state index contributed by atoms with van der Waals surface area (Å²) >= 11 is 0. The lowest BCUT2D eigenvalue weighted by Gasteiger charge is -2.13. The second-order valence-corrected chi connectivity index (χ2v) is 2.37. The van der Waals surface area contributed by atoms with E-state index in [4.69, 9.17) is 0 Å². The Morgan fingerprint density at radius 2 is 1.90 bits per heavy atom. The third kappa shape index (κ3) is 2.29.